The molecule has 3 aromatic carbocycles. The Morgan fingerprint density at radius 3 is 2.37 bits per heavy atom. The first kappa shape index (κ1) is 23.0. The Balaban J connectivity index is 1.44. The van der Waals surface area contributed by atoms with Gasteiger partial charge in [-0.25, -0.2) is 9.37 Å². The number of aromatic nitrogens is 1. The highest BCUT2D eigenvalue weighted by Gasteiger charge is 2.24. The largest absolute Gasteiger partial charge is 0.437 e. The second-order valence-electron chi connectivity index (χ2n) is 9.30. The van der Waals surface area contributed by atoms with Crippen LogP contribution in [0, 0.1) is 12.7 Å². The first-order valence-electron chi connectivity index (χ1n) is 11.6. The van der Waals surface area contributed by atoms with Gasteiger partial charge in [0.25, 0.3) is 0 Å². The molecule has 5 rings (SSSR count). The molecule has 5 aromatic rings. The quantitative estimate of drug-likeness (QED) is 0.262. The SMILES string of the molecule is Cc1c(-c2ccc(F)cc2)oc2ncc(-c3cccc(C(O)NC(C)(C)c4ccccc4)c3)cc12. The van der Waals surface area contributed by atoms with Gasteiger partial charge in [0, 0.05) is 33.8 Å². The van der Waals surface area contributed by atoms with E-state index in [0.717, 1.165) is 38.8 Å². The van der Waals surface area contributed by atoms with Crippen LogP contribution in [0.3, 0.4) is 0 Å². The van der Waals surface area contributed by atoms with Gasteiger partial charge in [0.1, 0.15) is 17.8 Å². The van der Waals surface area contributed by atoms with Crippen LogP contribution in [0.5, 0.6) is 0 Å². The van der Waals surface area contributed by atoms with Crippen molar-refractivity contribution < 1.29 is 13.9 Å². The smallest absolute Gasteiger partial charge is 0.226 e. The van der Waals surface area contributed by atoms with Crippen LogP contribution in [-0.2, 0) is 5.54 Å². The van der Waals surface area contributed by atoms with Gasteiger partial charge in [0.05, 0.1) is 0 Å². The van der Waals surface area contributed by atoms with Gasteiger partial charge in [-0.1, -0.05) is 48.5 Å². The Kier molecular flexibility index (Phi) is 5.97. The summed E-state index contributed by atoms with van der Waals surface area (Å²) < 4.78 is 19.3. The van der Waals surface area contributed by atoms with Crippen LogP contribution < -0.4 is 5.32 Å². The summed E-state index contributed by atoms with van der Waals surface area (Å²) in [6.07, 6.45) is 0.926. The fourth-order valence-corrected chi connectivity index (χ4v) is 4.38. The summed E-state index contributed by atoms with van der Waals surface area (Å²) in [4.78, 5) is 4.54. The fourth-order valence-electron chi connectivity index (χ4n) is 4.38. The number of hydrogen-bond donors (Lipinski definition) is 2. The lowest BCUT2D eigenvalue weighted by molar-refractivity contribution is 0.101. The minimum absolute atomic E-state index is 0.286. The van der Waals surface area contributed by atoms with Gasteiger partial charge in [0.2, 0.25) is 5.71 Å². The highest BCUT2D eigenvalue weighted by molar-refractivity contribution is 5.88. The highest BCUT2D eigenvalue weighted by Crippen LogP contribution is 2.35. The number of pyridine rings is 1. The van der Waals surface area contributed by atoms with E-state index in [4.69, 9.17) is 4.42 Å². The van der Waals surface area contributed by atoms with Crippen molar-refractivity contribution in [2.45, 2.75) is 32.5 Å². The molecule has 0 saturated carbocycles. The molecule has 35 heavy (non-hydrogen) atoms. The van der Waals surface area contributed by atoms with Gasteiger partial charge in [0.15, 0.2) is 0 Å². The van der Waals surface area contributed by atoms with Crippen molar-refractivity contribution >= 4 is 11.1 Å². The number of aliphatic hydroxyl groups is 1. The van der Waals surface area contributed by atoms with Crippen molar-refractivity contribution in [1.29, 1.82) is 0 Å². The van der Waals surface area contributed by atoms with Crippen molar-refractivity contribution in [3.8, 4) is 22.5 Å². The minimum atomic E-state index is -0.845. The maximum absolute atomic E-state index is 13.3. The van der Waals surface area contributed by atoms with Crippen LogP contribution in [0.1, 0.15) is 36.8 Å². The lowest BCUT2D eigenvalue weighted by Gasteiger charge is -2.30. The molecule has 0 aliphatic carbocycles. The zero-order chi connectivity index (χ0) is 24.6. The number of nitrogens with one attached hydrogen (secondary N) is 1. The second kappa shape index (κ2) is 9.10. The Bertz CT molecular complexity index is 1470. The topological polar surface area (TPSA) is 58.3 Å². The Morgan fingerprint density at radius 2 is 1.63 bits per heavy atom. The van der Waals surface area contributed by atoms with E-state index >= 15 is 0 Å². The molecule has 1 unspecified atom stereocenters. The van der Waals surface area contributed by atoms with Crippen molar-refractivity contribution in [1.82, 2.24) is 10.3 Å². The van der Waals surface area contributed by atoms with E-state index in [2.05, 4.69) is 10.3 Å². The number of nitrogens with zero attached hydrogens (tertiary/aromatic N) is 1. The number of rotatable bonds is 6. The van der Waals surface area contributed by atoms with Crippen molar-refractivity contribution in [3.63, 3.8) is 0 Å². The van der Waals surface area contributed by atoms with E-state index in [-0.39, 0.29) is 5.82 Å². The van der Waals surface area contributed by atoms with Gasteiger partial charge in [-0.2, -0.15) is 0 Å². The Labute approximate surface area is 204 Å². The summed E-state index contributed by atoms with van der Waals surface area (Å²) in [6, 6.07) is 26.2. The van der Waals surface area contributed by atoms with E-state index < -0.39 is 11.8 Å². The summed E-state index contributed by atoms with van der Waals surface area (Å²) in [7, 11) is 0. The van der Waals surface area contributed by atoms with Gasteiger partial charge in [-0.3, -0.25) is 5.32 Å². The average Bonchev–Trinajstić information content (AvgIpc) is 3.20. The third kappa shape index (κ3) is 4.61. The van der Waals surface area contributed by atoms with E-state index in [1.54, 1.807) is 18.3 Å². The molecule has 0 bridgehead atoms. The molecule has 0 saturated heterocycles. The fraction of sp³-hybridized carbons (Fsp3) is 0.167. The number of aryl methyl sites for hydroxylation is 1. The van der Waals surface area contributed by atoms with Crippen LogP contribution in [0.15, 0.2) is 95.5 Å². The van der Waals surface area contributed by atoms with E-state index in [1.807, 2.05) is 81.4 Å². The zero-order valence-electron chi connectivity index (χ0n) is 19.9. The number of aliphatic hydroxyl groups excluding tert-OH is 1. The monoisotopic (exact) mass is 466 g/mol. The molecule has 4 nitrogen and oxygen atoms in total. The van der Waals surface area contributed by atoms with Gasteiger partial charge < -0.3 is 9.52 Å². The predicted octanol–water partition coefficient (Wildman–Crippen LogP) is 7.13. The number of fused-ring (bicyclic) bond motifs is 1. The van der Waals surface area contributed by atoms with Gasteiger partial charge >= 0.3 is 0 Å². The molecular weight excluding hydrogens is 439 g/mol. The first-order chi connectivity index (χ1) is 16.8. The Morgan fingerprint density at radius 1 is 0.886 bits per heavy atom. The summed E-state index contributed by atoms with van der Waals surface area (Å²) in [5, 5.41) is 15.2. The molecule has 2 N–H and O–H groups in total. The van der Waals surface area contributed by atoms with Gasteiger partial charge in [-0.05, 0) is 73.9 Å². The second-order valence-corrected chi connectivity index (χ2v) is 9.30. The van der Waals surface area contributed by atoms with Crippen LogP contribution in [-0.4, -0.2) is 10.1 Å². The van der Waals surface area contributed by atoms with Crippen molar-refractivity contribution in [2.75, 3.05) is 0 Å². The van der Waals surface area contributed by atoms with E-state index in [0.29, 0.717) is 11.5 Å². The van der Waals surface area contributed by atoms with Crippen LogP contribution in [0.2, 0.25) is 0 Å². The summed E-state index contributed by atoms with van der Waals surface area (Å²) in [6.45, 7) is 6.08. The molecule has 5 heteroatoms. The first-order valence-corrected chi connectivity index (χ1v) is 11.6. The van der Waals surface area contributed by atoms with Crippen LogP contribution in [0.25, 0.3) is 33.6 Å². The average molecular weight is 467 g/mol. The number of halogens is 1. The molecule has 0 amide bonds. The normalized spacial score (nSPS) is 12.7. The summed E-state index contributed by atoms with van der Waals surface area (Å²) >= 11 is 0. The number of hydrogen-bond acceptors (Lipinski definition) is 4. The molecule has 2 heterocycles. The summed E-state index contributed by atoms with van der Waals surface area (Å²) in [5.74, 6) is 0.396. The van der Waals surface area contributed by atoms with Crippen molar-refractivity contribution in [2.24, 2.45) is 0 Å². The van der Waals surface area contributed by atoms with E-state index in [1.165, 1.54) is 12.1 Å². The van der Waals surface area contributed by atoms with Crippen LogP contribution >= 0.6 is 0 Å². The van der Waals surface area contributed by atoms with E-state index in [9.17, 15) is 9.50 Å². The molecule has 176 valence electrons. The van der Waals surface area contributed by atoms with Crippen molar-refractivity contribution in [3.05, 3.63) is 114 Å². The standard InChI is InChI=1S/C30H27FN2O2/c1-19-26-17-23(18-32-29(26)35-27(19)20-12-14-25(31)15-13-20)21-8-7-9-22(16-21)28(34)33-30(2,3)24-10-5-4-6-11-24/h4-18,28,33-34H,1-3H3. The molecule has 2 aromatic heterocycles. The lowest BCUT2D eigenvalue weighted by atomic mass is 9.93. The number of furan rings is 1. The molecule has 0 aliphatic heterocycles. The van der Waals surface area contributed by atoms with Gasteiger partial charge in [-0.15, -0.1) is 0 Å². The third-order valence-corrected chi connectivity index (χ3v) is 6.43. The molecule has 0 radical (unpaired) electrons. The highest BCUT2D eigenvalue weighted by atomic mass is 19.1. The molecule has 0 aliphatic rings. The molecular formula is C30H27FN2O2. The lowest BCUT2D eigenvalue weighted by Crippen LogP contribution is -2.39. The Hall–Kier alpha value is -3.80. The predicted molar refractivity (Wildman–Crippen MR) is 137 cm³/mol. The van der Waals surface area contributed by atoms with Crippen LogP contribution in [0.4, 0.5) is 4.39 Å². The maximum atomic E-state index is 13.3. The molecule has 0 fully saturated rings. The minimum Gasteiger partial charge on any atom is -0.437 e. The number of benzene rings is 3. The summed E-state index contributed by atoms with van der Waals surface area (Å²) in [5.41, 5.74) is 5.60. The maximum Gasteiger partial charge on any atom is 0.226 e. The zero-order valence-corrected chi connectivity index (χ0v) is 19.9. The third-order valence-electron chi connectivity index (χ3n) is 6.43. The molecule has 1 atom stereocenters. The molecule has 0 spiro atoms.